The maximum absolute atomic E-state index is 13.0. The standard InChI is InChI=1S/C21H32N2O4/c1-5-7-13-23-17(6-2)15(3)14-16(19(23)25)18(24)22-21(20(26)27-4)11-9-8-10-12-21/h14H,5-13H2,1-4H3,(H,22,24). The number of rotatable bonds is 7. The van der Waals surface area contributed by atoms with Crippen LogP contribution in [0.2, 0.25) is 0 Å². The van der Waals surface area contributed by atoms with Crippen LogP contribution in [0.25, 0.3) is 0 Å². The predicted molar refractivity (Wildman–Crippen MR) is 105 cm³/mol. The van der Waals surface area contributed by atoms with E-state index in [-0.39, 0.29) is 11.1 Å². The van der Waals surface area contributed by atoms with Gasteiger partial charge in [0.15, 0.2) is 0 Å². The first-order valence-electron chi connectivity index (χ1n) is 10.0. The van der Waals surface area contributed by atoms with E-state index in [1.54, 1.807) is 10.6 Å². The van der Waals surface area contributed by atoms with Gasteiger partial charge in [-0.25, -0.2) is 4.79 Å². The number of hydrogen-bond acceptors (Lipinski definition) is 4. The number of amides is 1. The first kappa shape index (κ1) is 21.2. The molecule has 1 aliphatic carbocycles. The molecule has 6 nitrogen and oxygen atoms in total. The molecule has 0 atom stereocenters. The van der Waals surface area contributed by atoms with Gasteiger partial charge in [-0.2, -0.15) is 0 Å². The van der Waals surface area contributed by atoms with Crippen molar-refractivity contribution >= 4 is 11.9 Å². The van der Waals surface area contributed by atoms with Crippen molar-refractivity contribution in [2.75, 3.05) is 7.11 Å². The van der Waals surface area contributed by atoms with Gasteiger partial charge in [0, 0.05) is 12.2 Å². The normalized spacial score (nSPS) is 16.0. The molecular formula is C21H32N2O4. The molecule has 0 aromatic carbocycles. The number of aromatic nitrogens is 1. The minimum atomic E-state index is -1.03. The molecule has 1 aromatic rings. The molecule has 1 aromatic heterocycles. The number of unbranched alkanes of at least 4 members (excludes halogenated alkanes) is 1. The molecule has 0 unspecified atom stereocenters. The van der Waals surface area contributed by atoms with E-state index in [2.05, 4.69) is 12.2 Å². The van der Waals surface area contributed by atoms with Gasteiger partial charge in [0.25, 0.3) is 11.5 Å². The van der Waals surface area contributed by atoms with Crippen LogP contribution in [0.3, 0.4) is 0 Å². The molecule has 150 valence electrons. The Kier molecular flexibility index (Phi) is 7.22. The quantitative estimate of drug-likeness (QED) is 0.742. The number of carbonyl (C=O) groups is 2. The lowest BCUT2D eigenvalue weighted by molar-refractivity contribution is -0.149. The molecular weight excluding hydrogens is 344 g/mol. The number of ether oxygens (including phenoxy) is 1. The number of nitrogens with zero attached hydrogens (tertiary/aromatic N) is 1. The fourth-order valence-electron chi connectivity index (χ4n) is 4.04. The van der Waals surface area contributed by atoms with Gasteiger partial charge < -0.3 is 14.6 Å². The van der Waals surface area contributed by atoms with Crippen molar-refractivity contribution in [3.05, 3.63) is 33.2 Å². The maximum atomic E-state index is 13.0. The van der Waals surface area contributed by atoms with Gasteiger partial charge in [-0.3, -0.25) is 9.59 Å². The van der Waals surface area contributed by atoms with Crippen LogP contribution in [0, 0.1) is 6.92 Å². The summed E-state index contributed by atoms with van der Waals surface area (Å²) in [5.41, 5.74) is 0.690. The maximum Gasteiger partial charge on any atom is 0.331 e. The van der Waals surface area contributed by atoms with Gasteiger partial charge >= 0.3 is 5.97 Å². The van der Waals surface area contributed by atoms with Gasteiger partial charge in [0.05, 0.1) is 7.11 Å². The van der Waals surface area contributed by atoms with Crippen molar-refractivity contribution in [1.29, 1.82) is 0 Å². The highest BCUT2D eigenvalue weighted by atomic mass is 16.5. The molecule has 27 heavy (non-hydrogen) atoms. The van der Waals surface area contributed by atoms with Crippen molar-refractivity contribution in [3.8, 4) is 0 Å². The van der Waals surface area contributed by atoms with E-state index in [1.807, 2.05) is 13.8 Å². The molecule has 1 fully saturated rings. The molecule has 2 rings (SSSR count). The van der Waals surface area contributed by atoms with Gasteiger partial charge in [-0.05, 0) is 44.2 Å². The molecule has 0 aliphatic heterocycles. The highest BCUT2D eigenvalue weighted by Gasteiger charge is 2.42. The van der Waals surface area contributed by atoms with Crippen LogP contribution in [-0.2, 0) is 22.5 Å². The Morgan fingerprint density at radius 3 is 2.44 bits per heavy atom. The zero-order valence-corrected chi connectivity index (χ0v) is 17.0. The number of aryl methyl sites for hydroxylation is 1. The summed E-state index contributed by atoms with van der Waals surface area (Å²) in [4.78, 5) is 38.4. The van der Waals surface area contributed by atoms with Crippen molar-refractivity contribution in [2.45, 2.75) is 84.2 Å². The fourth-order valence-corrected chi connectivity index (χ4v) is 4.04. The second-order valence-electron chi connectivity index (χ2n) is 7.44. The summed E-state index contributed by atoms with van der Waals surface area (Å²) in [6.07, 6.45) is 6.40. The topological polar surface area (TPSA) is 77.4 Å². The smallest absolute Gasteiger partial charge is 0.331 e. The van der Waals surface area contributed by atoms with Crippen molar-refractivity contribution in [2.24, 2.45) is 0 Å². The predicted octanol–water partition coefficient (Wildman–Crippen LogP) is 3.12. The second-order valence-corrected chi connectivity index (χ2v) is 7.44. The highest BCUT2D eigenvalue weighted by molar-refractivity contribution is 5.98. The first-order chi connectivity index (χ1) is 12.9. The molecule has 1 aliphatic rings. The average Bonchev–Trinajstić information content (AvgIpc) is 2.67. The van der Waals surface area contributed by atoms with Crippen LogP contribution in [0.1, 0.15) is 80.4 Å². The number of esters is 1. The molecule has 1 N–H and O–H groups in total. The largest absolute Gasteiger partial charge is 0.467 e. The SMILES string of the molecule is CCCCn1c(CC)c(C)cc(C(=O)NC2(C(=O)OC)CCCCC2)c1=O. The van der Waals surface area contributed by atoms with Crippen molar-refractivity contribution in [1.82, 2.24) is 9.88 Å². The third-order valence-electron chi connectivity index (χ3n) is 5.57. The van der Waals surface area contributed by atoms with Crippen molar-refractivity contribution in [3.63, 3.8) is 0 Å². The number of pyridine rings is 1. The summed E-state index contributed by atoms with van der Waals surface area (Å²) in [5, 5.41) is 2.86. The van der Waals surface area contributed by atoms with Crippen LogP contribution >= 0.6 is 0 Å². The summed E-state index contributed by atoms with van der Waals surface area (Å²) in [7, 11) is 1.34. The van der Waals surface area contributed by atoms with Crippen molar-refractivity contribution < 1.29 is 14.3 Å². The van der Waals surface area contributed by atoms with E-state index >= 15 is 0 Å². The van der Waals surface area contributed by atoms with E-state index in [0.29, 0.717) is 19.4 Å². The van der Waals surface area contributed by atoms with Crippen LogP contribution in [-0.4, -0.2) is 29.1 Å². The second kappa shape index (κ2) is 9.20. The first-order valence-corrected chi connectivity index (χ1v) is 10.0. The fraction of sp³-hybridized carbons (Fsp3) is 0.667. The van der Waals surface area contributed by atoms with Crippen LogP contribution in [0.5, 0.6) is 0 Å². The van der Waals surface area contributed by atoms with Crippen LogP contribution in [0.4, 0.5) is 0 Å². The van der Waals surface area contributed by atoms with E-state index in [9.17, 15) is 14.4 Å². The number of carbonyl (C=O) groups excluding carboxylic acids is 2. The molecule has 0 saturated heterocycles. The Bertz CT molecular complexity index is 745. The Balaban J connectivity index is 2.41. The Hall–Kier alpha value is -2.11. The Labute approximate surface area is 161 Å². The zero-order valence-electron chi connectivity index (χ0n) is 17.0. The minimum Gasteiger partial charge on any atom is -0.467 e. The molecule has 6 heteroatoms. The number of methoxy groups -OCH3 is 1. The summed E-state index contributed by atoms with van der Waals surface area (Å²) >= 11 is 0. The molecule has 1 amide bonds. The monoisotopic (exact) mass is 376 g/mol. The third kappa shape index (κ3) is 4.42. The van der Waals surface area contributed by atoms with Gasteiger partial charge in [-0.15, -0.1) is 0 Å². The van der Waals surface area contributed by atoms with E-state index in [4.69, 9.17) is 4.74 Å². The highest BCUT2D eigenvalue weighted by Crippen LogP contribution is 2.29. The lowest BCUT2D eigenvalue weighted by Crippen LogP contribution is -2.57. The molecule has 0 bridgehead atoms. The van der Waals surface area contributed by atoms with Crippen LogP contribution < -0.4 is 10.9 Å². The summed E-state index contributed by atoms with van der Waals surface area (Å²) in [5.74, 6) is -0.910. The summed E-state index contributed by atoms with van der Waals surface area (Å²) in [6.45, 7) is 6.61. The summed E-state index contributed by atoms with van der Waals surface area (Å²) < 4.78 is 6.68. The molecule has 1 heterocycles. The molecule has 1 saturated carbocycles. The Morgan fingerprint density at radius 1 is 1.22 bits per heavy atom. The van der Waals surface area contributed by atoms with Gasteiger partial charge in [-0.1, -0.05) is 39.5 Å². The molecule has 0 radical (unpaired) electrons. The minimum absolute atomic E-state index is 0.106. The summed E-state index contributed by atoms with van der Waals surface area (Å²) in [6, 6.07) is 1.66. The van der Waals surface area contributed by atoms with E-state index in [0.717, 1.165) is 49.8 Å². The Morgan fingerprint density at radius 2 is 1.89 bits per heavy atom. The van der Waals surface area contributed by atoms with Gasteiger partial charge in [0.1, 0.15) is 11.1 Å². The zero-order chi connectivity index (χ0) is 20.0. The van der Waals surface area contributed by atoms with E-state index in [1.165, 1.54) is 7.11 Å². The van der Waals surface area contributed by atoms with Crippen LogP contribution in [0.15, 0.2) is 10.9 Å². The average molecular weight is 376 g/mol. The van der Waals surface area contributed by atoms with E-state index < -0.39 is 17.4 Å². The molecule has 0 spiro atoms. The lowest BCUT2D eigenvalue weighted by atomic mass is 9.81. The lowest BCUT2D eigenvalue weighted by Gasteiger charge is -2.35. The van der Waals surface area contributed by atoms with Gasteiger partial charge in [0.2, 0.25) is 0 Å². The number of hydrogen-bond donors (Lipinski definition) is 1. The number of nitrogens with one attached hydrogen (secondary N) is 1. The third-order valence-corrected chi connectivity index (χ3v) is 5.57.